The topological polar surface area (TPSA) is 58.6 Å². The molecule has 1 atom stereocenters. The number of carbonyl (C=O) groups is 2. The number of carbonyl (C=O) groups excluding carboxylic acids is 2. The SMILES string of the molecule is CCCCNC(=O)[C@H](C)N(Cc1ccc(Cl)cc1Cl)C(=O)CCCOc1ccccc1. The average Bonchev–Trinajstić information content (AvgIpc) is 2.76. The minimum atomic E-state index is -0.619. The summed E-state index contributed by atoms with van der Waals surface area (Å²) in [6, 6.07) is 14.0. The van der Waals surface area contributed by atoms with E-state index in [1.807, 2.05) is 30.3 Å². The molecule has 1 N–H and O–H groups in total. The molecule has 0 aliphatic carbocycles. The van der Waals surface area contributed by atoms with Crippen LogP contribution < -0.4 is 10.1 Å². The first-order chi connectivity index (χ1) is 14.9. The molecule has 2 aromatic rings. The fourth-order valence-electron chi connectivity index (χ4n) is 3.03. The number of benzene rings is 2. The van der Waals surface area contributed by atoms with Gasteiger partial charge in [0.1, 0.15) is 11.8 Å². The predicted molar refractivity (Wildman–Crippen MR) is 126 cm³/mol. The first-order valence-electron chi connectivity index (χ1n) is 10.6. The van der Waals surface area contributed by atoms with Gasteiger partial charge >= 0.3 is 0 Å². The number of rotatable bonds is 12. The van der Waals surface area contributed by atoms with Crippen LogP contribution in [-0.4, -0.2) is 35.9 Å². The molecule has 2 rings (SSSR count). The van der Waals surface area contributed by atoms with Crippen molar-refractivity contribution >= 4 is 35.0 Å². The standard InChI is InChI=1S/C24H30Cl2N2O3/c1-3-4-14-27-24(30)18(2)28(17-19-12-13-20(25)16-22(19)26)23(29)11-8-15-31-21-9-6-5-7-10-21/h5-7,9-10,12-13,16,18H,3-4,8,11,14-15,17H2,1-2H3,(H,27,30)/t18-/m0/s1. The van der Waals surface area contributed by atoms with Crippen molar-refractivity contribution in [2.24, 2.45) is 0 Å². The summed E-state index contributed by atoms with van der Waals surface area (Å²) >= 11 is 12.3. The first kappa shape index (κ1) is 25.0. The molecule has 31 heavy (non-hydrogen) atoms. The third-order valence-corrected chi connectivity index (χ3v) is 5.49. The molecule has 0 saturated carbocycles. The van der Waals surface area contributed by atoms with Gasteiger partial charge in [-0.2, -0.15) is 0 Å². The Kier molecular flexibility index (Phi) is 10.7. The van der Waals surface area contributed by atoms with E-state index >= 15 is 0 Å². The van der Waals surface area contributed by atoms with Crippen molar-refractivity contribution < 1.29 is 14.3 Å². The molecular weight excluding hydrogens is 435 g/mol. The van der Waals surface area contributed by atoms with Crippen molar-refractivity contribution in [1.29, 1.82) is 0 Å². The maximum absolute atomic E-state index is 13.0. The van der Waals surface area contributed by atoms with Crippen LogP contribution in [0.25, 0.3) is 0 Å². The molecule has 5 nitrogen and oxygen atoms in total. The molecule has 0 bridgehead atoms. The Balaban J connectivity index is 2.02. The van der Waals surface area contributed by atoms with Gasteiger partial charge in [0.25, 0.3) is 0 Å². The van der Waals surface area contributed by atoms with Crippen molar-refractivity contribution in [3.05, 3.63) is 64.1 Å². The van der Waals surface area contributed by atoms with E-state index < -0.39 is 6.04 Å². The van der Waals surface area contributed by atoms with E-state index in [4.69, 9.17) is 27.9 Å². The fraction of sp³-hybridized carbons (Fsp3) is 0.417. The smallest absolute Gasteiger partial charge is 0.242 e. The van der Waals surface area contributed by atoms with Gasteiger partial charge in [0.2, 0.25) is 11.8 Å². The van der Waals surface area contributed by atoms with Gasteiger partial charge in [0.15, 0.2) is 0 Å². The molecule has 0 aliphatic rings. The Hall–Kier alpha value is -2.24. The average molecular weight is 465 g/mol. The van der Waals surface area contributed by atoms with Gasteiger partial charge in [0, 0.05) is 29.6 Å². The molecule has 168 valence electrons. The molecule has 0 aromatic heterocycles. The number of unbranched alkanes of at least 4 members (excludes halogenated alkanes) is 1. The largest absolute Gasteiger partial charge is 0.494 e. The summed E-state index contributed by atoms with van der Waals surface area (Å²) in [5.74, 6) is 0.469. The summed E-state index contributed by atoms with van der Waals surface area (Å²) in [6.45, 7) is 5.04. The third kappa shape index (κ3) is 8.42. The van der Waals surface area contributed by atoms with E-state index in [2.05, 4.69) is 12.2 Å². The molecule has 0 spiro atoms. The number of amides is 2. The summed E-state index contributed by atoms with van der Waals surface area (Å²) in [6.07, 6.45) is 2.69. The second kappa shape index (κ2) is 13.2. The Bertz CT molecular complexity index is 846. The van der Waals surface area contributed by atoms with Crippen LogP contribution in [0.3, 0.4) is 0 Å². The molecule has 0 saturated heterocycles. The predicted octanol–water partition coefficient (Wildman–Crippen LogP) is 5.49. The third-order valence-electron chi connectivity index (χ3n) is 4.90. The van der Waals surface area contributed by atoms with Gasteiger partial charge in [-0.1, -0.05) is 60.8 Å². The Morgan fingerprint density at radius 3 is 2.52 bits per heavy atom. The lowest BCUT2D eigenvalue weighted by Crippen LogP contribution is -2.47. The highest BCUT2D eigenvalue weighted by atomic mass is 35.5. The highest BCUT2D eigenvalue weighted by Gasteiger charge is 2.26. The second-order valence-electron chi connectivity index (χ2n) is 7.34. The normalized spacial score (nSPS) is 11.6. The Morgan fingerprint density at radius 1 is 1.10 bits per heavy atom. The van der Waals surface area contributed by atoms with Crippen LogP contribution in [0, 0.1) is 0 Å². The molecular formula is C24H30Cl2N2O3. The highest BCUT2D eigenvalue weighted by molar-refractivity contribution is 6.35. The summed E-state index contributed by atoms with van der Waals surface area (Å²) in [5, 5.41) is 3.90. The zero-order valence-corrected chi connectivity index (χ0v) is 19.6. The van der Waals surface area contributed by atoms with Gasteiger partial charge in [-0.15, -0.1) is 0 Å². The van der Waals surface area contributed by atoms with Crippen molar-refractivity contribution in [1.82, 2.24) is 10.2 Å². The quantitative estimate of drug-likeness (QED) is 0.422. The maximum Gasteiger partial charge on any atom is 0.242 e. The molecule has 7 heteroatoms. The number of nitrogens with one attached hydrogen (secondary N) is 1. The van der Waals surface area contributed by atoms with Crippen molar-refractivity contribution in [3.63, 3.8) is 0 Å². The van der Waals surface area contributed by atoms with Crippen LogP contribution in [0.15, 0.2) is 48.5 Å². The second-order valence-corrected chi connectivity index (χ2v) is 8.19. The van der Waals surface area contributed by atoms with Gasteiger partial charge in [0.05, 0.1) is 6.61 Å². The summed E-state index contributed by atoms with van der Waals surface area (Å²) in [7, 11) is 0. The lowest BCUT2D eigenvalue weighted by molar-refractivity contribution is -0.140. The number of hydrogen-bond donors (Lipinski definition) is 1. The Morgan fingerprint density at radius 2 is 1.84 bits per heavy atom. The number of hydrogen-bond acceptors (Lipinski definition) is 3. The highest BCUT2D eigenvalue weighted by Crippen LogP contribution is 2.23. The first-order valence-corrected chi connectivity index (χ1v) is 11.4. The molecule has 0 unspecified atom stereocenters. The molecule has 0 radical (unpaired) electrons. The van der Waals surface area contributed by atoms with Gasteiger partial charge in [-0.3, -0.25) is 9.59 Å². The van der Waals surface area contributed by atoms with E-state index in [0.717, 1.165) is 24.2 Å². The van der Waals surface area contributed by atoms with Gasteiger partial charge < -0.3 is 15.0 Å². The van der Waals surface area contributed by atoms with Crippen LogP contribution >= 0.6 is 23.2 Å². The van der Waals surface area contributed by atoms with E-state index in [1.54, 1.807) is 30.0 Å². The molecule has 0 fully saturated rings. The van der Waals surface area contributed by atoms with Crippen molar-refractivity contribution in [2.75, 3.05) is 13.2 Å². The minimum absolute atomic E-state index is 0.124. The van der Waals surface area contributed by atoms with Crippen LogP contribution in [0.4, 0.5) is 0 Å². The molecule has 2 aromatic carbocycles. The zero-order valence-electron chi connectivity index (χ0n) is 18.1. The summed E-state index contributed by atoms with van der Waals surface area (Å²) in [5.41, 5.74) is 0.744. The number of nitrogens with zero attached hydrogens (tertiary/aromatic N) is 1. The van der Waals surface area contributed by atoms with Crippen molar-refractivity contribution in [3.8, 4) is 5.75 Å². The monoisotopic (exact) mass is 464 g/mol. The molecule has 2 amide bonds. The lowest BCUT2D eigenvalue weighted by atomic mass is 10.1. The van der Waals surface area contributed by atoms with Gasteiger partial charge in [-0.25, -0.2) is 0 Å². The van der Waals surface area contributed by atoms with Crippen LogP contribution in [0.2, 0.25) is 10.0 Å². The van der Waals surface area contributed by atoms with Crippen LogP contribution in [-0.2, 0) is 16.1 Å². The summed E-state index contributed by atoms with van der Waals surface area (Å²) in [4.78, 5) is 27.2. The Labute approximate surface area is 194 Å². The van der Waals surface area contributed by atoms with Crippen molar-refractivity contribution in [2.45, 2.75) is 52.1 Å². The van der Waals surface area contributed by atoms with E-state index in [-0.39, 0.29) is 24.8 Å². The zero-order chi connectivity index (χ0) is 22.6. The molecule has 0 aliphatic heterocycles. The van der Waals surface area contributed by atoms with Gasteiger partial charge in [-0.05, 0) is 49.6 Å². The van der Waals surface area contributed by atoms with Crippen LogP contribution in [0.1, 0.15) is 45.1 Å². The summed E-state index contributed by atoms with van der Waals surface area (Å²) < 4.78 is 5.67. The number of ether oxygens (including phenoxy) is 1. The van der Waals surface area contributed by atoms with E-state index in [9.17, 15) is 9.59 Å². The molecule has 0 heterocycles. The minimum Gasteiger partial charge on any atom is -0.494 e. The van der Waals surface area contributed by atoms with E-state index in [1.165, 1.54) is 0 Å². The maximum atomic E-state index is 13.0. The lowest BCUT2D eigenvalue weighted by Gasteiger charge is -2.29. The van der Waals surface area contributed by atoms with E-state index in [0.29, 0.717) is 29.6 Å². The number of halogens is 2. The van der Waals surface area contributed by atoms with Crippen LogP contribution in [0.5, 0.6) is 5.75 Å². The fourth-order valence-corrected chi connectivity index (χ4v) is 3.49. The number of para-hydroxylation sites is 1.